The Morgan fingerprint density at radius 2 is 1.56 bits per heavy atom. The van der Waals surface area contributed by atoms with E-state index in [0.717, 1.165) is 0 Å². The molecule has 0 atom stereocenters. The first-order chi connectivity index (χ1) is 20.8. The van der Waals surface area contributed by atoms with Crippen LogP contribution in [-0.2, 0) is 19.2 Å². The molecule has 4 aromatic rings. The first-order valence-electron chi connectivity index (χ1n) is 13.5. The van der Waals surface area contributed by atoms with E-state index in [1.165, 1.54) is 31.4 Å². The van der Waals surface area contributed by atoms with Gasteiger partial charge in [-0.05, 0) is 73.5 Å². The molecule has 2 aliphatic rings. The number of hydrogen-bond donors (Lipinski definition) is 3. The molecule has 2 heterocycles. The van der Waals surface area contributed by atoms with E-state index in [9.17, 15) is 18.8 Å². The third-order valence-electron chi connectivity index (χ3n) is 7.25. The fraction of sp³-hybridized carbons (Fsp3) is 0.226. The van der Waals surface area contributed by atoms with Crippen molar-refractivity contribution in [2.24, 2.45) is 5.41 Å². The van der Waals surface area contributed by atoms with Crippen molar-refractivity contribution in [3.63, 3.8) is 0 Å². The van der Waals surface area contributed by atoms with E-state index < -0.39 is 29.0 Å². The van der Waals surface area contributed by atoms with Crippen LogP contribution in [0.1, 0.15) is 23.2 Å². The van der Waals surface area contributed by atoms with Crippen LogP contribution in [0.5, 0.6) is 17.2 Å². The van der Waals surface area contributed by atoms with E-state index in [-0.39, 0.29) is 11.7 Å². The number of nitrogens with zero attached hydrogens (tertiary/aromatic N) is 1. The topological polar surface area (TPSA) is 137 Å². The number of ether oxygens (including phenoxy) is 3. The lowest BCUT2D eigenvalue weighted by atomic mass is 10.0. The van der Waals surface area contributed by atoms with Crippen LogP contribution in [0.15, 0.2) is 72.9 Å². The summed E-state index contributed by atoms with van der Waals surface area (Å²) in [4.78, 5) is 48.4. The normalized spacial score (nSPS) is 15.2. The van der Waals surface area contributed by atoms with E-state index >= 15 is 0 Å². The van der Waals surface area contributed by atoms with Gasteiger partial charge in [0.05, 0.1) is 31.4 Å². The van der Waals surface area contributed by atoms with Gasteiger partial charge in [0.15, 0.2) is 0 Å². The highest BCUT2D eigenvalue weighted by Crippen LogP contribution is 2.47. The summed E-state index contributed by atoms with van der Waals surface area (Å²) in [5.74, 6) is -0.524. The first-order valence-corrected chi connectivity index (χ1v) is 13.5. The minimum Gasteiger partial charge on any atom is -0.496 e. The number of nitrogens with one attached hydrogen (secondary N) is 3. The fourth-order valence-corrected chi connectivity index (χ4v) is 4.51. The monoisotopic (exact) mass is 586 g/mol. The second-order valence-corrected chi connectivity index (χ2v) is 10.2. The molecule has 3 aromatic carbocycles. The van der Waals surface area contributed by atoms with Crippen molar-refractivity contribution in [3.05, 3.63) is 84.3 Å². The average Bonchev–Trinajstić information content (AvgIpc) is 3.80. The summed E-state index contributed by atoms with van der Waals surface area (Å²) in [7, 11) is 1.46. The second kappa shape index (κ2) is 11.7. The van der Waals surface area contributed by atoms with Crippen LogP contribution >= 0.6 is 0 Å². The highest BCUT2D eigenvalue weighted by molar-refractivity contribution is 6.17. The van der Waals surface area contributed by atoms with Gasteiger partial charge in [0.1, 0.15) is 34.6 Å². The Kier molecular flexibility index (Phi) is 7.61. The summed E-state index contributed by atoms with van der Waals surface area (Å²) < 4.78 is 29.8. The molecule has 220 valence electrons. The Morgan fingerprint density at radius 3 is 2.14 bits per heavy atom. The number of aromatic nitrogens is 1. The van der Waals surface area contributed by atoms with Crippen LogP contribution in [0.4, 0.5) is 15.8 Å². The number of carbonyl (C=O) groups is 3. The maximum atomic E-state index is 13.2. The van der Waals surface area contributed by atoms with Crippen molar-refractivity contribution in [2.75, 3.05) is 31.0 Å². The number of pyridine rings is 1. The standard InChI is InChI=1S/C31H27FN4O7/c1-40-27-15-25-23(14-24(27)28(37)36-43-22-16-41-17-22)26(10-13-33-25)42-21-8-6-20(7-9-21)35-30(39)31(11-12-31)29(38)34-19-4-2-18(32)3-5-19/h2-10,13-15,22H,11-12,16-17H2,1H3,(H,34,38)(H,35,39)(H,36,37). The zero-order valence-corrected chi connectivity index (χ0v) is 23.0. The molecule has 43 heavy (non-hydrogen) atoms. The van der Waals surface area contributed by atoms with E-state index in [4.69, 9.17) is 19.0 Å². The van der Waals surface area contributed by atoms with Gasteiger partial charge >= 0.3 is 0 Å². The summed E-state index contributed by atoms with van der Waals surface area (Å²) in [5, 5.41) is 6.06. The summed E-state index contributed by atoms with van der Waals surface area (Å²) in [6, 6.07) is 17.0. The molecule has 2 fully saturated rings. The minimum atomic E-state index is -1.18. The van der Waals surface area contributed by atoms with E-state index in [0.29, 0.717) is 65.6 Å². The number of amides is 3. The largest absolute Gasteiger partial charge is 0.496 e. The lowest BCUT2D eigenvalue weighted by Gasteiger charge is -2.25. The molecule has 1 saturated carbocycles. The SMILES string of the molecule is COc1cc2nccc(Oc3ccc(NC(=O)C4(C(=O)Nc5ccc(F)cc5)CC4)cc3)c2cc1C(=O)NOC1COC1. The Bertz CT molecular complexity index is 1690. The second-order valence-electron chi connectivity index (χ2n) is 10.2. The summed E-state index contributed by atoms with van der Waals surface area (Å²) >= 11 is 0. The van der Waals surface area contributed by atoms with Crippen molar-refractivity contribution < 1.29 is 37.8 Å². The van der Waals surface area contributed by atoms with Gasteiger partial charge in [0.25, 0.3) is 5.91 Å². The molecule has 3 N–H and O–H groups in total. The molecule has 3 amide bonds. The summed E-state index contributed by atoms with van der Waals surface area (Å²) in [6.45, 7) is 0.820. The predicted octanol–water partition coefficient (Wildman–Crippen LogP) is 4.59. The zero-order valence-electron chi connectivity index (χ0n) is 23.0. The fourth-order valence-electron chi connectivity index (χ4n) is 4.51. The highest BCUT2D eigenvalue weighted by Gasteiger charge is 2.56. The van der Waals surface area contributed by atoms with E-state index in [2.05, 4.69) is 21.1 Å². The van der Waals surface area contributed by atoms with Crippen molar-refractivity contribution in [1.82, 2.24) is 10.5 Å². The van der Waals surface area contributed by atoms with Gasteiger partial charge in [0.2, 0.25) is 11.8 Å². The molecular weight excluding hydrogens is 559 g/mol. The summed E-state index contributed by atoms with van der Waals surface area (Å²) in [6.07, 6.45) is 2.21. The number of rotatable bonds is 10. The van der Waals surface area contributed by atoms with Crippen molar-refractivity contribution >= 4 is 40.0 Å². The van der Waals surface area contributed by atoms with E-state index in [1.54, 1.807) is 48.7 Å². The Labute approximate surface area is 245 Å². The zero-order chi connectivity index (χ0) is 30.0. The number of benzene rings is 3. The molecular formula is C31H27FN4O7. The Hall–Kier alpha value is -5.07. The lowest BCUT2D eigenvalue weighted by molar-refractivity contribution is -0.152. The number of halogens is 1. The molecule has 0 unspecified atom stereocenters. The first kappa shape index (κ1) is 28.1. The van der Waals surface area contributed by atoms with Gasteiger partial charge < -0.3 is 24.8 Å². The van der Waals surface area contributed by atoms with Crippen molar-refractivity contribution in [3.8, 4) is 17.2 Å². The minimum absolute atomic E-state index is 0.197. The van der Waals surface area contributed by atoms with Crippen molar-refractivity contribution in [2.45, 2.75) is 18.9 Å². The quantitative estimate of drug-likeness (QED) is 0.181. The molecule has 0 bridgehead atoms. The number of hydrogen-bond acceptors (Lipinski definition) is 8. The number of hydroxylamine groups is 1. The number of fused-ring (bicyclic) bond motifs is 1. The van der Waals surface area contributed by atoms with Gasteiger partial charge in [-0.2, -0.15) is 0 Å². The predicted molar refractivity (Wildman–Crippen MR) is 153 cm³/mol. The Morgan fingerprint density at radius 1 is 0.907 bits per heavy atom. The molecule has 12 heteroatoms. The summed E-state index contributed by atoms with van der Waals surface area (Å²) in [5.41, 5.74) is 2.95. The molecule has 11 nitrogen and oxygen atoms in total. The third kappa shape index (κ3) is 5.96. The number of carbonyl (C=O) groups excluding carboxylic acids is 3. The van der Waals surface area contributed by atoms with E-state index in [1.807, 2.05) is 0 Å². The van der Waals surface area contributed by atoms with Gasteiger partial charge in [-0.15, -0.1) is 0 Å². The number of anilines is 2. The number of methoxy groups -OCH3 is 1. The maximum Gasteiger partial charge on any atom is 0.278 e. The van der Waals surface area contributed by atoms with Crippen LogP contribution < -0.4 is 25.6 Å². The van der Waals surface area contributed by atoms with Crippen LogP contribution in [-0.4, -0.2) is 49.1 Å². The average molecular weight is 587 g/mol. The smallest absolute Gasteiger partial charge is 0.278 e. The Balaban J connectivity index is 1.14. The van der Waals surface area contributed by atoms with Gasteiger partial charge in [0, 0.05) is 29.0 Å². The van der Waals surface area contributed by atoms with Crippen LogP contribution in [0.25, 0.3) is 10.9 Å². The van der Waals surface area contributed by atoms with Crippen LogP contribution in [0.3, 0.4) is 0 Å². The molecule has 1 aliphatic carbocycles. The molecule has 1 aromatic heterocycles. The lowest BCUT2D eigenvalue weighted by Crippen LogP contribution is -2.41. The highest BCUT2D eigenvalue weighted by atomic mass is 19.1. The molecule has 0 radical (unpaired) electrons. The third-order valence-corrected chi connectivity index (χ3v) is 7.25. The van der Waals surface area contributed by atoms with Crippen LogP contribution in [0.2, 0.25) is 0 Å². The molecule has 1 aliphatic heterocycles. The van der Waals surface area contributed by atoms with Crippen LogP contribution in [0, 0.1) is 11.2 Å². The van der Waals surface area contributed by atoms with Gasteiger partial charge in [-0.1, -0.05) is 0 Å². The van der Waals surface area contributed by atoms with Gasteiger partial charge in [-0.25, -0.2) is 9.87 Å². The van der Waals surface area contributed by atoms with Gasteiger partial charge in [-0.3, -0.25) is 24.2 Å². The van der Waals surface area contributed by atoms with Crippen molar-refractivity contribution in [1.29, 1.82) is 0 Å². The maximum absolute atomic E-state index is 13.2. The molecule has 6 rings (SSSR count). The molecule has 1 saturated heterocycles. The molecule has 0 spiro atoms.